The summed E-state index contributed by atoms with van der Waals surface area (Å²) in [7, 11) is 0. The lowest BCUT2D eigenvalue weighted by Gasteiger charge is -2.06. The van der Waals surface area contributed by atoms with Crippen LogP contribution in [0.3, 0.4) is 0 Å². The lowest BCUT2D eigenvalue weighted by molar-refractivity contribution is 0.539. The summed E-state index contributed by atoms with van der Waals surface area (Å²) in [6.07, 6.45) is 5.05. The Bertz CT molecular complexity index is 230. The molecule has 0 saturated heterocycles. The SMILES string of the molecule is NC1CCC(Cc2cccs2)C1. The number of thiophene rings is 1. The molecular weight excluding hydrogens is 166 g/mol. The largest absolute Gasteiger partial charge is 0.328 e. The Morgan fingerprint density at radius 3 is 3.00 bits per heavy atom. The average Bonchev–Trinajstić information content (AvgIpc) is 2.63. The van der Waals surface area contributed by atoms with Crippen molar-refractivity contribution in [2.45, 2.75) is 31.7 Å². The lowest BCUT2D eigenvalue weighted by Crippen LogP contribution is -2.15. The first-order valence-corrected chi connectivity index (χ1v) is 5.50. The van der Waals surface area contributed by atoms with Crippen LogP contribution in [0.2, 0.25) is 0 Å². The van der Waals surface area contributed by atoms with Gasteiger partial charge in [-0.15, -0.1) is 11.3 Å². The number of nitrogens with two attached hydrogens (primary N) is 1. The molecule has 1 aromatic heterocycles. The van der Waals surface area contributed by atoms with Gasteiger partial charge in [0.2, 0.25) is 0 Å². The van der Waals surface area contributed by atoms with Gasteiger partial charge in [0.05, 0.1) is 0 Å². The van der Waals surface area contributed by atoms with E-state index >= 15 is 0 Å². The van der Waals surface area contributed by atoms with Crippen LogP contribution in [0.4, 0.5) is 0 Å². The van der Waals surface area contributed by atoms with E-state index in [2.05, 4.69) is 17.5 Å². The summed E-state index contributed by atoms with van der Waals surface area (Å²) in [5.74, 6) is 0.860. The standard InChI is InChI=1S/C10H15NS/c11-9-4-3-8(6-9)7-10-2-1-5-12-10/h1-2,5,8-9H,3-4,6-7,11H2. The van der Waals surface area contributed by atoms with Crippen LogP contribution < -0.4 is 5.73 Å². The summed E-state index contributed by atoms with van der Waals surface area (Å²) in [4.78, 5) is 1.52. The Kier molecular flexibility index (Phi) is 2.47. The maximum absolute atomic E-state index is 5.86. The minimum atomic E-state index is 0.481. The van der Waals surface area contributed by atoms with Crippen LogP contribution in [0.5, 0.6) is 0 Å². The Morgan fingerprint density at radius 1 is 1.50 bits per heavy atom. The third kappa shape index (κ3) is 1.87. The Morgan fingerprint density at radius 2 is 2.42 bits per heavy atom. The van der Waals surface area contributed by atoms with Crippen LogP contribution in [0.25, 0.3) is 0 Å². The van der Waals surface area contributed by atoms with E-state index in [0.717, 1.165) is 5.92 Å². The molecule has 2 unspecified atom stereocenters. The quantitative estimate of drug-likeness (QED) is 0.745. The summed E-state index contributed by atoms with van der Waals surface area (Å²) in [5.41, 5.74) is 5.86. The molecule has 1 heterocycles. The second-order valence-electron chi connectivity index (χ2n) is 3.72. The molecule has 0 radical (unpaired) electrons. The summed E-state index contributed by atoms with van der Waals surface area (Å²) in [6.45, 7) is 0. The second-order valence-corrected chi connectivity index (χ2v) is 4.75. The van der Waals surface area contributed by atoms with Gasteiger partial charge in [-0.3, -0.25) is 0 Å². The van der Waals surface area contributed by atoms with Crippen molar-refractivity contribution in [3.8, 4) is 0 Å². The van der Waals surface area contributed by atoms with Gasteiger partial charge in [-0.25, -0.2) is 0 Å². The Labute approximate surface area is 77.6 Å². The van der Waals surface area contributed by atoms with Crippen molar-refractivity contribution in [3.05, 3.63) is 22.4 Å². The van der Waals surface area contributed by atoms with Gasteiger partial charge in [-0.2, -0.15) is 0 Å². The van der Waals surface area contributed by atoms with Crippen molar-refractivity contribution >= 4 is 11.3 Å². The monoisotopic (exact) mass is 181 g/mol. The van der Waals surface area contributed by atoms with Gasteiger partial charge in [0.15, 0.2) is 0 Å². The first kappa shape index (κ1) is 8.27. The maximum Gasteiger partial charge on any atom is 0.00479 e. The summed E-state index contributed by atoms with van der Waals surface area (Å²) < 4.78 is 0. The molecule has 0 spiro atoms. The van der Waals surface area contributed by atoms with Crippen LogP contribution in [0, 0.1) is 5.92 Å². The summed E-state index contributed by atoms with van der Waals surface area (Å²) in [6, 6.07) is 4.85. The zero-order valence-electron chi connectivity index (χ0n) is 7.20. The van der Waals surface area contributed by atoms with Crippen LogP contribution >= 0.6 is 11.3 Å². The molecule has 0 aliphatic heterocycles. The van der Waals surface area contributed by atoms with Gasteiger partial charge in [-0.1, -0.05) is 6.07 Å². The number of rotatable bonds is 2. The minimum absolute atomic E-state index is 0.481. The van der Waals surface area contributed by atoms with Crippen molar-refractivity contribution in [3.63, 3.8) is 0 Å². The van der Waals surface area contributed by atoms with Crippen molar-refractivity contribution in [2.75, 3.05) is 0 Å². The fourth-order valence-corrected chi connectivity index (χ4v) is 2.83. The van der Waals surface area contributed by atoms with Crippen molar-refractivity contribution in [1.82, 2.24) is 0 Å². The van der Waals surface area contributed by atoms with E-state index in [0.29, 0.717) is 6.04 Å². The van der Waals surface area contributed by atoms with E-state index in [1.807, 2.05) is 11.3 Å². The molecule has 1 nitrogen and oxygen atoms in total. The topological polar surface area (TPSA) is 26.0 Å². The van der Waals surface area contributed by atoms with E-state index in [9.17, 15) is 0 Å². The highest BCUT2D eigenvalue weighted by atomic mass is 32.1. The van der Waals surface area contributed by atoms with Crippen molar-refractivity contribution < 1.29 is 0 Å². The highest BCUT2D eigenvalue weighted by molar-refractivity contribution is 7.09. The molecule has 2 heteroatoms. The molecule has 2 N–H and O–H groups in total. The fourth-order valence-electron chi connectivity index (χ4n) is 2.01. The van der Waals surface area contributed by atoms with Gasteiger partial charge in [-0.05, 0) is 43.0 Å². The van der Waals surface area contributed by atoms with Crippen molar-refractivity contribution in [1.29, 1.82) is 0 Å². The summed E-state index contributed by atoms with van der Waals surface area (Å²) >= 11 is 1.87. The Hall–Kier alpha value is -0.340. The van der Waals surface area contributed by atoms with E-state index in [1.54, 1.807) is 0 Å². The maximum atomic E-state index is 5.86. The van der Waals surface area contributed by atoms with E-state index in [-0.39, 0.29) is 0 Å². The third-order valence-electron chi connectivity index (χ3n) is 2.65. The zero-order chi connectivity index (χ0) is 8.39. The fraction of sp³-hybridized carbons (Fsp3) is 0.600. The molecular formula is C10H15NS. The van der Waals surface area contributed by atoms with Gasteiger partial charge < -0.3 is 5.73 Å². The molecule has 12 heavy (non-hydrogen) atoms. The Balaban J connectivity index is 1.88. The van der Waals surface area contributed by atoms with E-state index in [4.69, 9.17) is 5.73 Å². The van der Waals surface area contributed by atoms with Gasteiger partial charge in [0, 0.05) is 10.9 Å². The highest BCUT2D eigenvalue weighted by Crippen LogP contribution is 2.28. The highest BCUT2D eigenvalue weighted by Gasteiger charge is 2.21. The molecule has 1 aliphatic carbocycles. The molecule has 1 fully saturated rings. The lowest BCUT2D eigenvalue weighted by atomic mass is 10.0. The van der Waals surface area contributed by atoms with Crippen LogP contribution in [0.15, 0.2) is 17.5 Å². The molecule has 66 valence electrons. The van der Waals surface area contributed by atoms with Gasteiger partial charge >= 0.3 is 0 Å². The smallest absolute Gasteiger partial charge is 0.00479 e. The minimum Gasteiger partial charge on any atom is -0.328 e. The molecule has 0 bridgehead atoms. The molecule has 2 rings (SSSR count). The first-order valence-electron chi connectivity index (χ1n) is 4.62. The van der Waals surface area contributed by atoms with E-state index in [1.165, 1.54) is 30.6 Å². The average molecular weight is 181 g/mol. The zero-order valence-corrected chi connectivity index (χ0v) is 8.02. The predicted octanol–water partition coefficient (Wildman–Crippen LogP) is 2.42. The van der Waals surface area contributed by atoms with E-state index < -0.39 is 0 Å². The van der Waals surface area contributed by atoms with Gasteiger partial charge in [0.25, 0.3) is 0 Å². The van der Waals surface area contributed by atoms with Crippen LogP contribution in [0.1, 0.15) is 24.1 Å². The predicted molar refractivity (Wildman–Crippen MR) is 53.3 cm³/mol. The van der Waals surface area contributed by atoms with Crippen LogP contribution in [-0.2, 0) is 6.42 Å². The molecule has 1 aromatic rings. The number of hydrogen-bond acceptors (Lipinski definition) is 2. The second kappa shape index (κ2) is 3.58. The molecule has 2 atom stereocenters. The molecule has 0 aromatic carbocycles. The normalized spacial score (nSPS) is 29.4. The van der Waals surface area contributed by atoms with Gasteiger partial charge in [0.1, 0.15) is 0 Å². The van der Waals surface area contributed by atoms with Crippen LogP contribution in [-0.4, -0.2) is 6.04 Å². The molecule has 0 amide bonds. The summed E-state index contributed by atoms with van der Waals surface area (Å²) in [5, 5.41) is 2.16. The molecule has 1 aliphatic rings. The van der Waals surface area contributed by atoms with Crippen molar-refractivity contribution in [2.24, 2.45) is 11.7 Å². The first-order chi connectivity index (χ1) is 5.84. The molecule has 1 saturated carbocycles. The third-order valence-corrected chi connectivity index (χ3v) is 3.55. The number of hydrogen-bond donors (Lipinski definition) is 1.